The van der Waals surface area contributed by atoms with E-state index < -0.39 is 44.4 Å². The molecule has 7 N–H and O–H groups in total. The minimum Gasteiger partial charge on any atom is -0.394 e. The van der Waals surface area contributed by atoms with Crippen LogP contribution < -0.4 is 11.3 Å². The smallest absolute Gasteiger partial charge is 0.394 e. The van der Waals surface area contributed by atoms with Crippen molar-refractivity contribution in [2.45, 2.75) is 37.5 Å². The second kappa shape index (κ2) is 6.22. The van der Waals surface area contributed by atoms with Gasteiger partial charge in [0.1, 0.15) is 36.3 Å². The Kier molecular flexibility index (Phi) is 4.33. The fraction of sp³-hybridized carbons (Fsp3) is 0.692. The third kappa shape index (κ3) is 2.87. The highest BCUT2D eigenvalue weighted by Gasteiger charge is 2.58. The van der Waals surface area contributed by atoms with E-state index >= 15 is 0 Å². The van der Waals surface area contributed by atoms with Gasteiger partial charge in [-0.2, -0.15) is 0 Å². The van der Waals surface area contributed by atoms with Crippen LogP contribution in [-0.2, 0) is 13.8 Å². The summed E-state index contributed by atoms with van der Waals surface area (Å²) in [4.78, 5) is 27.1. The summed E-state index contributed by atoms with van der Waals surface area (Å²) in [6.07, 6.45) is -1.93. The summed E-state index contributed by atoms with van der Waals surface area (Å²) < 4.78 is 21.8. The molecule has 0 aliphatic carbocycles. The molecule has 4 rings (SSSR count). The van der Waals surface area contributed by atoms with Crippen LogP contribution >= 0.6 is 7.82 Å². The maximum atomic E-state index is 11.4. The highest BCUT2D eigenvalue weighted by atomic mass is 31.2. The Labute approximate surface area is 153 Å². The lowest BCUT2D eigenvalue weighted by molar-refractivity contribution is -0.0862. The van der Waals surface area contributed by atoms with Gasteiger partial charge >= 0.3 is 7.82 Å². The molecule has 1 fully saturated rings. The molecule has 0 aromatic heterocycles. The second-order valence-corrected chi connectivity index (χ2v) is 8.06. The fourth-order valence-electron chi connectivity index (χ4n) is 3.85. The average Bonchev–Trinajstić information content (AvgIpc) is 3.03. The second-order valence-electron chi connectivity index (χ2n) is 6.87. The van der Waals surface area contributed by atoms with E-state index in [9.17, 15) is 24.6 Å². The zero-order chi connectivity index (χ0) is 19.6. The van der Waals surface area contributed by atoms with E-state index in [0.29, 0.717) is 18.2 Å². The predicted molar refractivity (Wildman–Crippen MR) is 90.4 cm³/mol. The molecular weight excluding hydrogens is 383 g/mol. The van der Waals surface area contributed by atoms with Gasteiger partial charge in [0.05, 0.1) is 24.6 Å². The van der Waals surface area contributed by atoms with Gasteiger partial charge in [0.2, 0.25) is 0 Å². The number of phosphoric acid groups is 1. The first-order valence-corrected chi connectivity index (χ1v) is 9.78. The molecule has 0 amide bonds. The van der Waals surface area contributed by atoms with Crippen LogP contribution in [0.5, 0.6) is 0 Å². The molecule has 4 heterocycles. The molecule has 0 aromatic rings. The lowest BCUT2D eigenvalue weighted by Gasteiger charge is -2.43. The standard InChI is InChI=1S/C13H21N6O7P/c1-6-13-2-8(18(14)4-13)17-19(12(13)16-5-15-6)11-10(26-27(22,23)24)9(21)7(3-20)25-11/h2,5-7,9-11,17,20-21H,3-4,14H2,1H3,(H2,22,23,24)/t6?,7-,9-,10-,11-,13?/m1/s1. The monoisotopic (exact) mass is 404 g/mol. The first-order chi connectivity index (χ1) is 12.7. The SMILES string of the molecule is CC1N=CN=C2N([C@@H]3O[C@H](CO)[C@@H](O)[C@H]3OP(=O)(O)O)NC3=CC21CN3N. The van der Waals surface area contributed by atoms with Gasteiger partial charge in [0.15, 0.2) is 6.23 Å². The number of nitrogens with one attached hydrogen (secondary N) is 1. The molecule has 4 aliphatic rings. The van der Waals surface area contributed by atoms with Gasteiger partial charge in [-0.15, -0.1) is 0 Å². The molecule has 1 spiro atoms. The Balaban J connectivity index is 1.73. The van der Waals surface area contributed by atoms with Gasteiger partial charge in [-0.25, -0.2) is 20.4 Å². The predicted octanol–water partition coefficient (Wildman–Crippen LogP) is -2.79. The van der Waals surface area contributed by atoms with Crippen molar-refractivity contribution in [2.24, 2.45) is 21.2 Å². The van der Waals surface area contributed by atoms with Crippen LogP contribution in [0.15, 0.2) is 21.9 Å². The largest absolute Gasteiger partial charge is 0.470 e. The number of hydrazine groups is 2. The first kappa shape index (κ1) is 18.8. The molecular formula is C13H21N6O7P. The van der Waals surface area contributed by atoms with Crippen LogP contribution in [0.2, 0.25) is 0 Å². The molecule has 150 valence electrons. The zero-order valence-corrected chi connectivity index (χ0v) is 15.2. The average molecular weight is 404 g/mol. The quantitative estimate of drug-likeness (QED) is 0.210. The number of hydrogen-bond donors (Lipinski definition) is 6. The molecule has 13 nitrogen and oxygen atoms in total. The van der Waals surface area contributed by atoms with E-state index in [1.165, 1.54) is 16.4 Å². The lowest BCUT2D eigenvalue weighted by atomic mass is 9.79. The Bertz CT molecular complexity index is 770. The molecule has 27 heavy (non-hydrogen) atoms. The van der Waals surface area contributed by atoms with Crippen LogP contribution in [0.25, 0.3) is 0 Å². The van der Waals surface area contributed by atoms with Gasteiger partial charge in [-0.3, -0.25) is 20.0 Å². The molecule has 2 bridgehead atoms. The maximum Gasteiger partial charge on any atom is 0.470 e. The molecule has 0 radical (unpaired) electrons. The Morgan fingerprint density at radius 3 is 2.96 bits per heavy atom. The number of aliphatic hydroxyl groups excluding tert-OH is 2. The Morgan fingerprint density at radius 2 is 2.30 bits per heavy atom. The van der Waals surface area contributed by atoms with Crippen molar-refractivity contribution in [3.63, 3.8) is 0 Å². The van der Waals surface area contributed by atoms with Gasteiger partial charge in [-0.1, -0.05) is 0 Å². The molecule has 1 saturated heterocycles. The molecule has 0 saturated carbocycles. The third-order valence-corrected chi connectivity index (χ3v) is 5.76. The van der Waals surface area contributed by atoms with E-state index in [2.05, 4.69) is 15.4 Å². The van der Waals surface area contributed by atoms with Crippen LogP contribution in [0.3, 0.4) is 0 Å². The zero-order valence-electron chi connectivity index (χ0n) is 14.3. The summed E-state index contributed by atoms with van der Waals surface area (Å²) in [6, 6.07) is -0.209. The molecule has 0 aromatic carbocycles. The van der Waals surface area contributed by atoms with E-state index in [-0.39, 0.29) is 6.04 Å². The van der Waals surface area contributed by atoms with Gasteiger partial charge in [-0.05, 0) is 13.0 Å². The fourth-order valence-corrected chi connectivity index (χ4v) is 4.39. The van der Waals surface area contributed by atoms with Crippen molar-refractivity contribution < 1.29 is 33.8 Å². The Hall–Kier alpha value is -1.57. The van der Waals surface area contributed by atoms with Crippen molar-refractivity contribution in [3.05, 3.63) is 11.9 Å². The van der Waals surface area contributed by atoms with Crippen molar-refractivity contribution in [3.8, 4) is 0 Å². The summed E-state index contributed by atoms with van der Waals surface area (Å²) in [5.74, 6) is 7.03. The third-order valence-electron chi connectivity index (χ3n) is 5.24. The van der Waals surface area contributed by atoms with Crippen LogP contribution in [0.4, 0.5) is 0 Å². The summed E-state index contributed by atoms with van der Waals surface area (Å²) in [5.41, 5.74) is 2.31. The number of rotatable bonds is 4. The highest BCUT2D eigenvalue weighted by molar-refractivity contribution is 7.46. The maximum absolute atomic E-state index is 11.4. The van der Waals surface area contributed by atoms with Crippen molar-refractivity contribution in [1.82, 2.24) is 15.4 Å². The molecule has 4 aliphatic heterocycles. The summed E-state index contributed by atoms with van der Waals surface area (Å²) >= 11 is 0. The van der Waals surface area contributed by atoms with E-state index in [0.717, 1.165) is 0 Å². The molecule has 2 unspecified atom stereocenters. The number of hydrogen-bond acceptors (Lipinski definition) is 11. The molecule has 14 heteroatoms. The van der Waals surface area contributed by atoms with Crippen LogP contribution in [-0.4, -0.2) is 85.9 Å². The van der Waals surface area contributed by atoms with Crippen molar-refractivity contribution in [2.75, 3.05) is 13.2 Å². The van der Waals surface area contributed by atoms with Crippen molar-refractivity contribution in [1.29, 1.82) is 0 Å². The topological polar surface area (TPSA) is 186 Å². The number of ether oxygens (including phenoxy) is 1. The normalized spacial score (nSPS) is 40.6. The lowest BCUT2D eigenvalue weighted by Crippen LogP contribution is -2.62. The number of nitrogens with zero attached hydrogens (tertiary/aromatic N) is 4. The summed E-state index contributed by atoms with van der Waals surface area (Å²) in [7, 11) is -4.95. The molecule has 6 atom stereocenters. The van der Waals surface area contributed by atoms with Crippen molar-refractivity contribution >= 4 is 20.0 Å². The van der Waals surface area contributed by atoms with Gasteiger partial charge < -0.3 is 24.7 Å². The Morgan fingerprint density at radius 1 is 1.56 bits per heavy atom. The van der Waals surface area contributed by atoms with Crippen LogP contribution in [0, 0.1) is 5.41 Å². The van der Waals surface area contributed by atoms with Gasteiger partial charge in [0.25, 0.3) is 0 Å². The number of phosphoric ester groups is 1. The summed E-state index contributed by atoms with van der Waals surface area (Å²) in [5, 5.41) is 22.7. The minimum absolute atomic E-state index is 0.209. The highest BCUT2D eigenvalue weighted by Crippen LogP contribution is 2.46. The number of aliphatic hydroxyl groups is 2. The minimum atomic E-state index is -4.95. The van der Waals surface area contributed by atoms with Crippen LogP contribution in [0.1, 0.15) is 6.92 Å². The van der Waals surface area contributed by atoms with E-state index in [1.54, 1.807) is 0 Å². The first-order valence-electron chi connectivity index (χ1n) is 8.25. The number of amidine groups is 1. The van der Waals surface area contributed by atoms with E-state index in [4.69, 9.17) is 15.1 Å². The number of aliphatic imine (C=N–C) groups is 2. The van der Waals surface area contributed by atoms with E-state index in [1.807, 2.05) is 13.0 Å². The number of nitrogens with two attached hydrogens (primary N) is 1. The van der Waals surface area contributed by atoms with Gasteiger partial charge in [0, 0.05) is 0 Å². The summed E-state index contributed by atoms with van der Waals surface area (Å²) in [6.45, 7) is 1.71.